The number of halogens is 2. The second kappa shape index (κ2) is 4.47. The topological polar surface area (TPSA) is 25.8 Å². The van der Waals surface area contributed by atoms with E-state index in [2.05, 4.69) is 9.97 Å². The maximum atomic E-state index is 14.6. The van der Waals surface area contributed by atoms with Crippen LogP contribution in [0.1, 0.15) is 52.7 Å². The number of nitrogens with zero attached hydrogens (tertiary/aromatic N) is 2. The Kier molecular flexibility index (Phi) is 3.31. The quantitative estimate of drug-likeness (QED) is 0.709. The highest BCUT2D eigenvalue weighted by Crippen LogP contribution is 2.38. The molecule has 0 N–H and O–H groups in total. The lowest BCUT2D eigenvalue weighted by atomic mass is 9.79. The van der Waals surface area contributed by atoms with Crippen LogP contribution in [-0.2, 0) is 10.8 Å². The molecule has 0 aliphatic rings. The van der Waals surface area contributed by atoms with E-state index < -0.39 is 22.5 Å². The molecule has 1 aromatic heterocycles. The smallest absolute Gasteiger partial charge is 0.165 e. The Balaban J connectivity index is 3.05. The number of hydrogen-bond donors (Lipinski definition) is 0. The molecule has 0 saturated carbocycles. The zero-order valence-corrected chi connectivity index (χ0v) is 12.8. The number of aromatic nitrogens is 2. The minimum atomic E-state index is -0.810. The molecular weight excluding hydrogens is 258 g/mol. The van der Waals surface area contributed by atoms with E-state index in [-0.39, 0.29) is 11.1 Å². The van der Waals surface area contributed by atoms with E-state index in [4.69, 9.17) is 0 Å². The van der Waals surface area contributed by atoms with Crippen LogP contribution in [0.15, 0.2) is 12.4 Å². The van der Waals surface area contributed by atoms with Gasteiger partial charge in [0.05, 0.1) is 11.0 Å². The van der Waals surface area contributed by atoms with E-state index in [9.17, 15) is 8.78 Å². The first-order chi connectivity index (χ1) is 9.05. The number of fused-ring (bicyclic) bond motifs is 1. The molecule has 0 amide bonds. The first kappa shape index (κ1) is 14.8. The van der Waals surface area contributed by atoms with Crippen molar-refractivity contribution in [3.63, 3.8) is 0 Å². The average Bonchev–Trinajstić information content (AvgIpc) is 2.27. The van der Waals surface area contributed by atoms with Gasteiger partial charge in [0.15, 0.2) is 11.6 Å². The lowest BCUT2D eigenvalue weighted by Gasteiger charge is -2.27. The van der Waals surface area contributed by atoms with Crippen molar-refractivity contribution in [2.45, 2.75) is 52.4 Å². The Morgan fingerprint density at radius 2 is 1.00 bits per heavy atom. The molecule has 2 nitrogen and oxygen atoms in total. The van der Waals surface area contributed by atoms with Crippen LogP contribution >= 0.6 is 0 Å². The van der Waals surface area contributed by atoms with Gasteiger partial charge in [0.2, 0.25) is 0 Å². The van der Waals surface area contributed by atoms with Crippen molar-refractivity contribution < 1.29 is 8.78 Å². The summed E-state index contributed by atoms with van der Waals surface area (Å²) in [6, 6.07) is 0. The summed E-state index contributed by atoms with van der Waals surface area (Å²) >= 11 is 0. The molecular formula is C16H20F2N2. The minimum absolute atomic E-state index is 0.283. The van der Waals surface area contributed by atoms with Crippen molar-refractivity contribution in [1.29, 1.82) is 0 Å². The first-order valence-corrected chi connectivity index (χ1v) is 6.67. The molecule has 108 valence electrons. The van der Waals surface area contributed by atoms with Crippen LogP contribution in [0.25, 0.3) is 11.0 Å². The van der Waals surface area contributed by atoms with Crippen LogP contribution < -0.4 is 0 Å². The Morgan fingerprint density at radius 1 is 0.700 bits per heavy atom. The highest BCUT2D eigenvalue weighted by atomic mass is 19.2. The number of benzene rings is 1. The summed E-state index contributed by atoms with van der Waals surface area (Å²) in [6.07, 6.45) is 3.03. The molecule has 0 aliphatic carbocycles. The third kappa shape index (κ3) is 2.28. The molecule has 1 aromatic carbocycles. The number of rotatable bonds is 0. The molecule has 20 heavy (non-hydrogen) atoms. The van der Waals surface area contributed by atoms with Crippen molar-refractivity contribution in [1.82, 2.24) is 9.97 Å². The Bertz CT molecular complexity index is 606. The molecule has 1 heterocycles. The van der Waals surface area contributed by atoms with Crippen molar-refractivity contribution in [3.8, 4) is 0 Å². The van der Waals surface area contributed by atoms with Crippen LogP contribution in [0.2, 0.25) is 0 Å². The summed E-state index contributed by atoms with van der Waals surface area (Å²) < 4.78 is 29.2. The summed E-state index contributed by atoms with van der Waals surface area (Å²) in [6.45, 7) is 11.1. The summed E-state index contributed by atoms with van der Waals surface area (Å²) in [5, 5.41) is 0. The zero-order chi connectivity index (χ0) is 15.3. The molecule has 0 atom stereocenters. The lowest BCUT2D eigenvalue weighted by Crippen LogP contribution is -2.22. The van der Waals surface area contributed by atoms with Gasteiger partial charge < -0.3 is 0 Å². The van der Waals surface area contributed by atoms with Crippen LogP contribution in [0.5, 0.6) is 0 Å². The molecule has 0 aliphatic heterocycles. The Morgan fingerprint density at radius 3 is 1.25 bits per heavy atom. The molecule has 0 spiro atoms. The Hall–Kier alpha value is -1.58. The van der Waals surface area contributed by atoms with Gasteiger partial charge in [0, 0.05) is 23.5 Å². The van der Waals surface area contributed by atoms with Crippen LogP contribution in [0, 0.1) is 11.6 Å². The monoisotopic (exact) mass is 278 g/mol. The maximum Gasteiger partial charge on any atom is 0.165 e. The molecule has 4 heteroatoms. The van der Waals surface area contributed by atoms with Crippen molar-refractivity contribution in [3.05, 3.63) is 35.2 Å². The Labute approximate surface area is 118 Å². The molecule has 0 bridgehead atoms. The van der Waals surface area contributed by atoms with Crippen molar-refractivity contribution >= 4 is 11.0 Å². The average molecular weight is 278 g/mol. The standard InChI is InChI=1S/C16H20F2N2/c1-15(2,3)9-11(17)12(18)10(16(4,5)6)14-13(9)19-7-8-20-14/h7-8H,1-6H3. The lowest BCUT2D eigenvalue weighted by molar-refractivity contribution is 0.443. The van der Waals surface area contributed by atoms with Gasteiger partial charge in [-0.25, -0.2) is 8.78 Å². The van der Waals surface area contributed by atoms with E-state index in [1.807, 2.05) is 41.5 Å². The largest absolute Gasteiger partial charge is 0.253 e. The summed E-state index contributed by atoms with van der Waals surface area (Å²) in [7, 11) is 0. The normalized spacial score (nSPS) is 13.0. The SMILES string of the molecule is CC(C)(C)c1c(F)c(F)c(C(C)(C)C)c2nccnc12. The number of hydrogen-bond acceptors (Lipinski definition) is 2. The third-order valence-electron chi connectivity index (χ3n) is 3.30. The zero-order valence-electron chi connectivity index (χ0n) is 12.8. The van der Waals surface area contributed by atoms with Gasteiger partial charge in [-0.3, -0.25) is 9.97 Å². The van der Waals surface area contributed by atoms with Gasteiger partial charge in [0.1, 0.15) is 0 Å². The summed E-state index contributed by atoms with van der Waals surface area (Å²) in [5.41, 5.74) is 0.371. The van der Waals surface area contributed by atoms with Gasteiger partial charge in [-0.1, -0.05) is 41.5 Å². The van der Waals surface area contributed by atoms with E-state index in [1.54, 1.807) is 0 Å². The maximum absolute atomic E-state index is 14.6. The fraction of sp³-hybridized carbons (Fsp3) is 0.500. The van der Waals surface area contributed by atoms with E-state index in [0.717, 1.165) is 0 Å². The predicted molar refractivity (Wildman–Crippen MR) is 76.9 cm³/mol. The first-order valence-electron chi connectivity index (χ1n) is 6.67. The highest BCUT2D eigenvalue weighted by molar-refractivity contribution is 5.83. The van der Waals surface area contributed by atoms with Crippen molar-refractivity contribution in [2.24, 2.45) is 0 Å². The van der Waals surface area contributed by atoms with E-state index in [1.165, 1.54) is 12.4 Å². The van der Waals surface area contributed by atoms with Gasteiger partial charge in [-0.2, -0.15) is 0 Å². The van der Waals surface area contributed by atoms with Crippen LogP contribution in [-0.4, -0.2) is 9.97 Å². The summed E-state index contributed by atoms with van der Waals surface area (Å²) in [4.78, 5) is 8.51. The van der Waals surface area contributed by atoms with Gasteiger partial charge in [-0.05, 0) is 10.8 Å². The highest BCUT2D eigenvalue weighted by Gasteiger charge is 2.32. The molecule has 2 aromatic rings. The van der Waals surface area contributed by atoms with Crippen LogP contribution in [0.4, 0.5) is 8.78 Å². The van der Waals surface area contributed by atoms with Crippen LogP contribution in [0.3, 0.4) is 0 Å². The van der Waals surface area contributed by atoms with Crippen molar-refractivity contribution in [2.75, 3.05) is 0 Å². The fourth-order valence-electron chi connectivity index (χ4n) is 2.50. The molecule has 0 unspecified atom stereocenters. The minimum Gasteiger partial charge on any atom is -0.253 e. The molecule has 2 rings (SSSR count). The van der Waals surface area contributed by atoms with E-state index >= 15 is 0 Å². The van der Waals surface area contributed by atoms with Gasteiger partial charge in [-0.15, -0.1) is 0 Å². The van der Waals surface area contributed by atoms with Gasteiger partial charge >= 0.3 is 0 Å². The fourth-order valence-corrected chi connectivity index (χ4v) is 2.50. The van der Waals surface area contributed by atoms with E-state index in [0.29, 0.717) is 11.0 Å². The molecule has 0 fully saturated rings. The van der Waals surface area contributed by atoms with Gasteiger partial charge in [0.25, 0.3) is 0 Å². The predicted octanol–water partition coefficient (Wildman–Crippen LogP) is 4.50. The third-order valence-corrected chi connectivity index (χ3v) is 3.30. The second-order valence-corrected chi connectivity index (χ2v) is 7.13. The summed E-state index contributed by atoms with van der Waals surface area (Å²) in [5.74, 6) is -1.62. The molecule has 0 saturated heterocycles. The molecule has 0 radical (unpaired) electrons. The second-order valence-electron chi connectivity index (χ2n) is 7.13.